The molecule has 0 unspecified atom stereocenters. The third-order valence-corrected chi connectivity index (χ3v) is 14.5. The Morgan fingerprint density at radius 1 is 0.440 bits per heavy atom. The van der Waals surface area contributed by atoms with Crippen LogP contribution in [0.1, 0.15) is 238 Å². The molecule has 1 aromatic carbocycles. The van der Waals surface area contributed by atoms with E-state index in [4.69, 9.17) is 37.9 Å². The number of hydrogen-bond donors (Lipinski definition) is 6. The van der Waals surface area contributed by atoms with Crippen LogP contribution in [-0.2, 0) is 28.5 Å². The summed E-state index contributed by atoms with van der Waals surface area (Å²) in [7, 11) is 0. The number of unbranched alkanes of at least 4 members (excludes halogenated alkanes) is 23. The van der Waals surface area contributed by atoms with Gasteiger partial charge in [0.2, 0.25) is 5.75 Å². The Kier molecular flexibility index (Phi) is 35.8. The van der Waals surface area contributed by atoms with Gasteiger partial charge in [0.05, 0.1) is 31.3 Å². The number of carbonyl (C=O) groups is 2. The number of hydrogen-bond acceptors (Lipinski definition) is 16. The Morgan fingerprint density at radius 2 is 0.787 bits per heavy atom. The maximum atomic E-state index is 14.0. The SMILES string of the molecule is CCCCCCCCOc1cc(C(=O)OC[C@H]2O[C@H](O[C@H]3O[C@H](COC(=O)C(CCCCCCC)CCCCCCC)[C@@H](O)[C@H](O)[C@H]3O)[C@H](O)[C@@H](O)[C@@H]2O)cc(OCCCCCCCC)c1OCCCCCCCC. The quantitative estimate of drug-likeness (QED) is 0.0264. The van der Waals surface area contributed by atoms with Gasteiger partial charge >= 0.3 is 11.9 Å². The van der Waals surface area contributed by atoms with Crippen molar-refractivity contribution in [1.29, 1.82) is 0 Å². The van der Waals surface area contributed by atoms with Crippen molar-refractivity contribution in [2.75, 3.05) is 33.0 Å². The summed E-state index contributed by atoms with van der Waals surface area (Å²) in [5.41, 5.74) is 0.0970. The summed E-state index contributed by atoms with van der Waals surface area (Å²) in [4.78, 5) is 27.4. The van der Waals surface area contributed by atoms with Gasteiger partial charge in [-0.2, -0.15) is 0 Å². The van der Waals surface area contributed by atoms with Crippen LogP contribution < -0.4 is 14.2 Å². The fraction of sp³-hybridized carbons (Fsp3) is 0.864. The molecule has 2 aliphatic rings. The van der Waals surface area contributed by atoms with Gasteiger partial charge in [0.1, 0.15) is 62.0 Å². The smallest absolute Gasteiger partial charge is 0.338 e. The highest BCUT2D eigenvalue weighted by Gasteiger charge is 2.50. The average Bonchev–Trinajstić information content (AvgIpc) is 3.41. The Bertz CT molecular complexity index is 1560. The van der Waals surface area contributed by atoms with Gasteiger partial charge in [0.25, 0.3) is 0 Å². The highest BCUT2D eigenvalue weighted by atomic mass is 16.8. The van der Waals surface area contributed by atoms with E-state index in [0.717, 1.165) is 148 Å². The van der Waals surface area contributed by atoms with Crippen LogP contribution in [0, 0.1) is 5.92 Å². The molecule has 16 heteroatoms. The normalized spacial score (nSPS) is 23.8. The topological polar surface area (TPSA) is 229 Å². The number of rotatable bonds is 44. The van der Waals surface area contributed by atoms with Gasteiger partial charge < -0.3 is 68.5 Å². The van der Waals surface area contributed by atoms with Gasteiger partial charge in [0.15, 0.2) is 24.1 Å². The number of ether oxygens (including phenoxy) is 8. The summed E-state index contributed by atoms with van der Waals surface area (Å²) in [6.07, 6.45) is 14.0. The molecule has 0 saturated carbocycles. The fourth-order valence-electron chi connectivity index (χ4n) is 9.59. The van der Waals surface area contributed by atoms with Crippen LogP contribution in [0.2, 0.25) is 0 Å². The van der Waals surface area contributed by atoms with Crippen molar-refractivity contribution < 1.29 is 78.1 Å². The third kappa shape index (κ3) is 25.3. The molecule has 2 aliphatic heterocycles. The summed E-state index contributed by atoms with van der Waals surface area (Å²) in [5, 5.41) is 65.9. The van der Waals surface area contributed by atoms with Gasteiger partial charge in [-0.05, 0) is 44.2 Å². The molecule has 436 valence electrons. The molecule has 0 aromatic heterocycles. The van der Waals surface area contributed by atoms with Crippen molar-refractivity contribution in [3.63, 3.8) is 0 Å². The summed E-state index contributed by atoms with van der Waals surface area (Å²) >= 11 is 0. The molecule has 2 fully saturated rings. The van der Waals surface area contributed by atoms with Crippen molar-refractivity contribution in [1.82, 2.24) is 0 Å². The molecule has 0 radical (unpaired) electrons. The number of benzene rings is 1. The molecule has 0 spiro atoms. The summed E-state index contributed by atoms with van der Waals surface area (Å²) in [6.45, 7) is 11.1. The molecular weight excluding hydrogens is 965 g/mol. The molecule has 2 heterocycles. The summed E-state index contributed by atoms with van der Waals surface area (Å²) < 4.78 is 48.1. The minimum Gasteiger partial charge on any atom is -0.490 e. The van der Waals surface area contributed by atoms with Crippen LogP contribution in [0.3, 0.4) is 0 Å². The van der Waals surface area contributed by atoms with E-state index >= 15 is 0 Å². The van der Waals surface area contributed by atoms with E-state index in [1.165, 1.54) is 32.1 Å². The first kappa shape index (κ1) is 66.5. The second kappa shape index (κ2) is 40.4. The van der Waals surface area contributed by atoms with Crippen molar-refractivity contribution >= 4 is 11.9 Å². The minimum absolute atomic E-state index is 0.0970. The molecule has 6 N–H and O–H groups in total. The molecule has 0 bridgehead atoms. The number of esters is 2. The van der Waals surface area contributed by atoms with Crippen LogP contribution in [0.25, 0.3) is 0 Å². The van der Waals surface area contributed by atoms with Crippen LogP contribution in [0.4, 0.5) is 0 Å². The zero-order valence-electron chi connectivity index (χ0n) is 47.0. The van der Waals surface area contributed by atoms with E-state index in [1.54, 1.807) is 12.1 Å². The van der Waals surface area contributed by atoms with Crippen molar-refractivity contribution in [3.8, 4) is 17.2 Å². The molecule has 2 saturated heterocycles. The maximum Gasteiger partial charge on any atom is 0.338 e. The zero-order chi connectivity index (χ0) is 54.6. The van der Waals surface area contributed by atoms with Gasteiger partial charge in [-0.1, -0.05) is 195 Å². The lowest BCUT2D eigenvalue weighted by molar-refractivity contribution is -0.376. The lowest BCUT2D eigenvalue weighted by atomic mass is 9.94. The monoisotopic (exact) mass is 1070 g/mol. The minimum atomic E-state index is -1.89. The predicted octanol–water partition coefficient (Wildman–Crippen LogP) is 10.6. The second-order valence-corrected chi connectivity index (χ2v) is 21.1. The van der Waals surface area contributed by atoms with E-state index in [9.17, 15) is 40.2 Å². The van der Waals surface area contributed by atoms with Crippen molar-refractivity contribution in [3.05, 3.63) is 17.7 Å². The largest absolute Gasteiger partial charge is 0.490 e. The Morgan fingerprint density at radius 3 is 1.19 bits per heavy atom. The van der Waals surface area contributed by atoms with Crippen molar-refractivity contribution in [2.45, 2.75) is 289 Å². The number of aliphatic hydroxyl groups excluding tert-OH is 6. The highest BCUT2D eigenvalue weighted by molar-refractivity contribution is 5.91. The molecule has 0 amide bonds. The molecular formula is C59H104O16. The summed E-state index contributed by atoms with van der Waals surface area (Å²) in [6, 6.07) is 3.13. The maximum absolute atomic E-state index is 14.0. The third-order valence-electron chi connectivity index (χ3n) is 14.5. The van der Waals surface area contributed by atoms with E-state index in [1.807, 2.05) is 0 Å². The predicted molar refractivity (Wildman–Crippen MR) is 289 cm³/mol. The van der Waals surface area contributed by atoms with Crippen LogP contribution in [-0.4, -0.2) is 137 Å². The van der Waals surface area contributed by atoms with Gasteiger partial charge in [-0.25, -0.2) is 4.79 Å². The van der Waals surface area contributed by atoms with Gasteiger partial charge in [-0.15, -0.1) is 0 Å². The highest BCUT2D eigenvalue weighted by Crippen LogP contribution is 2.40. The Labute approximate surface area is 451 Å². The average molecular weight is 1070 g/mol. The standard InChI is InChI=1S/C59H104O16/c1-6-11-16-21-26-31-36-68-45-39-44(40-46(69-37-32-27-22-17-12-7-2)55(45)70-38-33-28-23-18-13-8-3)57(67)72-42-48-50(61)52(63)54(65)59(74-48)75-58-53(64)51(62)49(60)47(73-58)41-71-56(66)43(34-29-24-19-14-9-4)35-30-25-20-15-10-5/h39-40,43,47-54,58-65H,6-38,41-42H2,1-5H3/t47-,48-,49-,50-,51+,52+,53-,54-,58-,59-/m1/s1. The van der Waals surface area contributed by atoms with Crippen LogP contribution in [0.15, 0.2) is 12.1 Å². The van der Waals surface area contributed by atoms with Gasteiger partial charge in [0, 0.05) is 0 Å². The second-order valence-electron chi connectivity index (χ2n) is 21.1. The molecule has 3 rings (SSSR count). The molecule has 1 aromatic rings. The molecule has 0 aliphatic carbocycles. The van der Waals surface area contributed by atoms with Crippen molar-refractivity contribution in [2.24, 2.45) is 5.92 Å². The Hall–Kier alpha value is -2.80. The van der Waals surface area contributed by atoms with E-state index in [0.29, 0.717) is 49.9 Å². The number of carbonyl (C=O) groups excluding carboxylic acids is 2. The molecule has 16 nitrogen and oxygen atoms in total. The summed E-state index contributed by atoms with van der Waals surface area (Å²) in [5.74, 6) is -0.455. The first-order valence-corrected chi connectivity index (χ1v) is 29.9. The van der Waals surface area contributed by atoms with Gasteiger partial charge in [-0.3, -0.25) is 4.79 Å². The lowest BCUT2D eigenvalue weighted by Crippen LogP contribution is -2.64. The zero-order valence-corrected chi connectivity index (χ0v) is 47.0. The van der Waals surface area contributed by atoms with Crippen LogP contribution >= 0.6 is 0 Å². The Balaban J connectivity index is 1.75. The molecule has 10 atom stereocenters. The lowest BCUT2D eigenvalue weighted by Gasteiger charge is -2.44. The first-order valence-electron chi connectivity index (χ1n) is 29.9. The number of aliphatic hydroxyl groups is 6. The van der Waals surface area contributed by atoms with E-state index < -0.39 is 86.6 Å². The van der Waals surface area contributed by atoms with Crippen LogP contribution in [0.5, 0.6) is 17.2 Å². The first-order chi connectivity index (χ1) is 36.4. The molecule has 75 heavy (non-hydrogen) atoms. The van der Waals surface area contributed by atoms with E-state index in [-0.39, 0.29) is 11.5 Å². The fourth-order valence-corrected chi connectivity index (χ4v) is 9.59. The van der Waals surface area contributed by atoms with E-state index in [2.05, 4.69) is 34.6 Å².